The second-order valence-electron chi connectivity index (χ2n) is 4.62. The molecule has 19 heavy (non-hydrogen) atoms. The summed E-state index contributed by atoms with van der Waals surface area (Å²) in [6, 6.07) is 7.14. The second-order valence-corrected chi connectivity index (χ2v) is 4.62. The fourth-order valence-corrected chi connectivity index (χ4v) is 2.62. The highest BCUT2D eigenvalue weighted by Crippen LogP contribution is 2.39. The zero-order chi connectivity index (χ0) is 13.4. The van der Waals surface area contributed by atoms with Crippen LogP contribution in [0.25, 0.3) is 0 Å². The van der Waals surface area contributed by atoms with Crippen LogP contribution in [0.15, 0.2) is 35.9 Å². The average Bonchev–Trinajstić information content (AvgIpc) is 2.83. The first-order valence-corrected chi connectivity index (χ1v) is 6.39. The van der Waals surface area contributed by atoms with Gasteiger partial charge in [0.05, 0.1) is 23.7 Å². The largest absolute Gasteiger partial charge is 0.484 e. The standard InChI is InChI=1S/C15H14O4/c1-2-18-15(17)11-8-7-10-13(16)9-5-3-4-6-12(9)19-14(10)11/h3-6,8,10,14H,2,7H2,1H3/t10-,14-/m0/s1. The number of hydrogen-bond donors (Lipinski definition) is 0. The molecule has 4 nitrogen and oxygen atoms in total. The summed E-state index contributed by atoms with van der Waals surface area (Å²) >= 11 is 0. The third-order valence-corrected chi connectivity index (χ3v) is 3.52. The maximum absolute atomic E-state index is 12.4. The van der Waals surface area contributed by atoms with Crippen LogP contribution in [0.5, 0.6) is 5.75 Å². The van der Waals surface area contributed by atoms with Gasteiger partial charge < -0.3 is 9.47 Å². The number of fused-ring (bicyclic) bond motifs is 2. The number of benzene rings is 1. The van der Waals surface area contributed by atoms with E-state index in [1.165, 1.54) is 0 Å². The minimum absolute atomic E-state index is 0.0439. The van der Waals surface area contributed by atoms with Crippen LogP contribution in [0.2, 0.25) is 0 Å². The van der Waals surface area contributed by atoms with Gasteiger partial charge in [0.25, 0.3) is 0 Å². The predicted molar refractivity (Wildman–Crippen MR) is 68.0 cm³/mol. The van der Waals surface area contributed by atoms with Gasteiger partial charge in [0.1, 0.15) is 11.9 Å². The molecule has 4 heteroatoms. The van der Waals surface area contributed by atoms with Crippen LogP contribution in [-0.4, -0.2) is 24.5 Å². The first kappa shape index (κ1) is 12.0. The van der Waals surface area contributed by atoms with Crippen molar-refractivity contribution in [1.82, 2.24) is 0 Å². The number of para-hydroxylation sites is 1. The molecule has 1 aliphatic carbocycles. The molecule has 1 heterocycles. The Labute approximate surface area is 111 Å². The zero-order valence-electron chi connectivity index (χ0n) is 10.6. The summed E-state index contributed by atoms with van der Waals surface area (Å²) in [7, 11) is 0. The Kier molecular flexibility index (Phi) is 2.85. The highest BCUT2D eigenvalue weighted by Gasteiger charge is 2.44. The number of carbonyl (C=O) groups excluding carboxylic acids is 2. The summed E-state index contributed by atoms with van der Waals surface area (Å²) in [5.41, 5.74) is 1.07. The molecule has 1 aliphatic heterocycles. The van der Waals surface area contributed by atoms with E-state index >= 15 is 0 Å². The lowest BCUT2D eigenvalue weighted by atomic mass is 9.89. The van der Waals surface area contributed by atoms with E-state index in [4.69, 9.17) is 9.47 Å². The molecule has 0 fully saturated rings. The van der Waals surface area contributed by atoms with Gasteiger partial charge in [-0.15, -0.1) is 0 Å². The van der Waals surface area contributed by atoms with Crippen molar-refractivity contribution in [1.29, 1.82) is 0 Å². The molecule has 0 aromatic heterocycles. The van der Waals surface area contributed by atoms with E-state index in [-0.39, 0.29) is 17.7 Å². The quantitative estimate of drug-likeness (QED) is 0.763. The lowest BCUT2D eigenvalue weighted by molar-refractivity contribution is -0.139. The summed E-state index contributed by atoms with van der Waals surface area (Å²) in [4.78, 5) is 24.2. The normalized spacial score (nSPS) is 24.1. The first-order chi connectivity index (χ1) is 9.22. The van der Waals surface area contributed by atoms with Crippen molar-refractivity contribution in [3.63, 3.8) is 0 Å². The summed E-state index contributed by atoms with van der Waals surface area (Å²) in [6.45, 7) is 2.07. The van der Waals surface area contributed by atoms with Crippen molar-refractivity contribution in [2.75, 3.05) is 6.61 Å². The van der Waals surface area contributed by atoms with Crippen LogP contribution < -0.4 is 4.74 Å². The first-order valence-electron chi connectivity index (χ1n) is 6.39. The van der Waals surface area contributed by atoms with Crippen molar-refractivity contribution in [3.05, 3.63) is 41.5 Å². The van der Waals surface area contributed by atoms with Gasteiger partial charge in [-0.1, -0.05) is 18.2 Å². The Morgan fingerprint density at radius 2 is 2.21 bits per heavy atom. The van der Waals surface area contributed by atoms with Crippen LogP contribution in [0.4, 0.5) is 0 Å². The number of rotatable bonds is 2. The van der Waals surface area contributed by atoms with Crippen LogP contribution in [0.1, 0.15) is 23.7 Å². The van der Waals surface area contributed by atoms with E-state index in [0.717, 1.165) is 0 Å². The molecule has 0 saturated heterocycles. The van der Waals surface area contributed by atoms with Crippen LogP contribution in [0.3, 0.4) is 0 Å². The van der Waals surface area contributed by atoms with Crippen molar-refractivity contribution >= 4 is 11.8 Å². The molecule has 0 unspecified atom stereocenters. The molecule has 1 aromatic rings. The number of hydrogen-bond acceptors (Lipinski definition) is 4. The second kappa shape index (κ2) is 4.53. The van der Waals surface area contributed by atoms with E-state index in [1.54, 1.807) is 25.1 Å². The SMILES string of the molecule is CCOC(=O)C1=CC[C@H]2C(=O)c3ccccc3O[C@H]12. The Balaban J connectivity index is 1.92. The molecule has 0 saturated carbocycles. The van der Waals surface area contributed by atoms with Gasteiger partial charge in [-0.25, -0.2) is 4.79 Å². The highest BCUT2D eigenvalue weighted by molar-refractivity contribution is 6.04. The van der Waals surface area contributed by atoms with Crippen molar-refractivity contribution in [2.24, 2.45) is 5.92 Å². The molecule has 0 spiro atoms. The number of esters is 1. The number of allylic oxidation sites excluding steroid dienone is 1. The summed E-state index contributed by atoms with van der Waals surface area (Å²) in [6.07, 6.45) is 1.80. The van der Waals surface area contributed by atoms with E-state index in [1.807, 2.05) is 12.1 Å². The monoisotopic (exact) mass is 258 g/mol. The summed E-state index contributed by atoms with van der Waals surface area (Å²) < 4.78 is 10.8. The van der Waals surface area contributed by atoms with Gasteiger partial charge in [0, 0.05) is 0 Å². The summed E-state index contributed by atoms with van der Waals surface area (Å²) in [5.74, 6) is -0.0928. The molecule has 3 rings (SSSR count). The molecule has 0 bridgehead atoms. The van der Waals surface area contributed by atoms with Crippen molar-refractivity contribution in [3.8, 4) is 5.75 Å². The van der Waals surface area contributed by atoms with Gasteiger partial charge in [0.2, 0.25) is 0 Å². The fourth-order valence-electron chi connectivity index (χ4n) is 2.62. The van der Waals surface area contributed by atoms with Gasteiger partial charge in [-0.05, 0) is 25.5 Å². The highest BCUT2D eigenvalue weighted by atomic mass is 16.5. The molecule has 0 radical (unpaired) electrons. The molecular weight excluding hydrogens is 244 g/mol. The molecule has 0 amide bonds. The lowest BCUT2D eigenvalue weighted by Gasteiger charge is -2.28. The molecule has 98 valence electrons. The molecule has 2 aliphatic rings. The van der Waals surface area contributed by atoms with Crippen LogP contribution in [-0.2, 0) is 9.53 Å². The number of ether oxygens (including phenoxy) is 2. The lowest BCUT2D eigenvalue weighted by Crippen LogP contribution is -2.37. The Morgan fingerprint density at radius 3 is 3.00 bits per heavy atom. The zero-order valence-corrected chi connectivity index (χ0v) is 10.6. The molecular formula is C15H14O4. The van der Waals surface area contributed by atoms with Crippen molar-refractivity contribution in [2.45, 2.75) is 19.4 Å². The number of Topliss-reactive ketones (excluding diaryl/α,β-unsaturated/α-hetero) is 1. The fraction of sp³-hybridized carbons (Fsp3) is 0.333. The minimum atomic E-state index is -0.499. The third-order valence-electron chi connectivity index (χ3n) is 3.52. The number of carbonyl (C=O) groups is 2. The Bertz CT molecular complexity index is 573. The third kappa shape index (κ3) is 1.84. The van der Waals surface area contributed by atoms with Crippen LogP contribution >= 0.6 is 0 Å². The Morgan fingerprint density at radius 1 is 1.42 bits per heavy atom. The van der Waals surface area contributed by atoms with Gasteiger partial charge in [-0.3, -0.25) is 4.79 Å². The van der Waals surface area contributed by atoms with Crippen molar-refractivity contribution < 1.29 is 19.1 Å². The average molecular weight is 258 g/mol. The Hall–Kier alpha value is -2.10. The van der Waals surface area contributed by atoms with E-state index in [0.29, 0.717) is 29.9 Å². The van der Waals surface area contributed by atoms with Gasteiger partial charge in [0.15, 0.2) is 5.78 Å². The predicted octanol–water partition coefficient (Wildman–Crippen LogP) is 2.14. The maximum Gasteiger partial charge on any atom is 0.337 e. The topological polar surface area (TPSA) is 52.6 Å². The van der Waals surface area contributed by atoms with E-state index in [2.05, 4.69) is 0 Å². The van der Waals surface area contributed by atoms with Gasteiger partial charge >= 0.3 is 5.97 Å². The summed E-state index contributed by atoms with van der Waals surface area (Å²) in [5, 5.41) is 0. The van der Waals surface area contributed by atoms with Gasteiger partial charge in [-0.2, -0.15) is 0 Å². The minimum Gasteiger partial charge on any atom is -0.484 e. The smallest absolute Gasteiger partial charge is 0.337 e. The van der Waals surface area contributed by atoms with Crippen LogP contribution in [0, 0.1) is 5.92 Å². The van der Waals surface area contributed by atoms with E-state index in [9.17, 15) is 9.59 Å². The number of ketones is 1. The maximum atomic E-state index is 12.4. The van der Waals surface area contributed by atoms with E-state index < -0.39 is 6.10 Å². The molecule has 0 N–H and O–H groups in total. The molecule has 1 aromatic carbocycles. The molecule has 2 atom stereocenters.